The van der Waals surface area contributed by atoms with Gasteiger partial charge < -0.3 is 10.5 Å². The number of hydrogen-bond donors (Lipinski definition) is 1. The third-order valence-corrected chi connectivity index (χ3v) is 5.95. The van der Waals surface area contributed by atoms with Crippen molar-refractivity contribution in [3.63, 3.8) is 0 Å². The van der Waals surface area contributed by atoms with E-state index >= 15 is 0 Å². The molecule has 0 saturated heterocycles. The van der Waals surface area contributed by atoms with Gasteiger partial charge in [0.05, 0.1) is 23.5 Å². The third kappa shape index (κ3) is 3.62. The molecule has 0 radical (unpaired) electrons. The summed E-state index contributed by atoms with van der Waals surface area (Å²) in [5, 5.41) is 11.9. The van der Waals surface area contributed by atoms with Gasteiger partial charge in [0.15, 0.2) is 5.78 Å². The van der Waals surface area contributed by atoms with Gasteiger partial charge in [0.1, 0.15) is 5.82 Å². The fourth-order valence-corrected chi connectivity index (χ4v) is 4.46. The Hall–Kier alpha value is -3.65. The first-order chi connectivity index (χ1) is 15.3. The maximum absolute atomic E-state index is 13.2. The van der Waals surface area contributed by atoms with Crippen molar-refractivity contribution in [2.75, 3.05) is 12.0 Å². The first kappa shape index (κ1) is 21.6. The zero-order valence-corrected chi connectivity index (χ0v) is 18.0. The minimum atomic E-state index is -0.867. The normalized spacial score (nSPS) is 18.5. The number of nitrogens with zero attached hydrogens (tertiary/aromatic N) is 2. The highest BCUT2D eigenvalue weighted by molar-refractivity contribution is 6.30. The average molecular weight is 454 g/mol. The molecule has 2 N–H and O–H groups in total. The van der Waals surface area contributed by atoms with Gasteiger partial charge in [0.25, 0.3) is 5.69 Å². The quantitative estimate of drug-likeness (QED) is 0.419. The number of anilines is 1. The molecule has 1 aliphatic carbocycles. The van der Waals surface area contributed by atoms with Gasteiger partial charge in [-0.25, -0.2) is 4.79 Å². The number of ether oxygens (including phenoxy) is 1. The van der Waals surface area contributed by atoms with Crippen molar-refractivity contribution in [1.82, 2.24) is 0 Å². The largest absolute Gasteiger partial charge is 0.466 e. The van der Waals surface area contributed by atoms with Crippen LogP contribution in [-0.4, -0.2) is 23.8 Å². The molecule has 1 aliphatic heterocycles. The van der Waals surface area contributed by atoms with Crippen LogP contribution in [0.5, 0.6) is 0 Å². The number of carbonyl (C=O) groups is 2. The molecule has 0 bridgehead atoms. The standard InChI is InChI=1S/C23H20ClN3O5/c1-32-23(29)21-19(13-4-2-5-16(12-13)27(30)31)20-17(6-3-7-18(20)28)26(22(21)25)15-10-8-14(24)9-11-15/h2,4-5,8-12,19H,3,6-7,25H2,1H3/t19-/m1/s1. The van der Waals surface area contributed by atoms with Crippen LogP contribution in [0.15, 0.2) is 71.2 Å². The fraction of sp³-hybridized carbons (Fsp3) is 0.217. The van der Waals surface area contributed by atoms with E-state index in [1.807, 2.05) is 0 Å². The van der Waals surface area contributed by atoms with Crippen molar-refractivity contribution >= 4 is 34.7 Å². The number of nitro benzene ring substituents is 1. The van der Waals surface area contributed by atoms with Gasteiger partial charge in [-0.2, -0.15) is 0 Å². The Morgan fingerprint density at radius 1 is 1.22 bits per heavy atom. The number of benzene rings is 2. The number of nitro groups is 1. The molecule has 0 saturated carbocycles. The van der Waals surface area contributed by atoms with Crippen molar-refractivity contribution in [2.45, 2.75) is 25.2 Å². The number of rotatable bonds is 4. The van der Waals surface area contributed by atoms with E-state index in [0.29, 0.717) is 46.8 Å². The van der Waals surface area contributed by atoms with Crippen LogP contribution in [0, 0.1) is 10.1 Å². The zero-order valence-electron chi connectivity index (χ0n) is 17.2. The molecule has 0 unspecified atom stereocenters. The summed E-state index contributed by atoms with van der Waals surface area (Å²) in [6, 6.07) is 12.8. The van der Waals surface area contributed by atoms with Gasteiger partial charge in [0.2, 0.25) is 0 Å². The highest BCUT2D eigenvalue weighted by Gasteiger charge is 2.43. The van der Waals surface area contributed by atoms with Crippen molar-refractivity contribution in [2.24, 2.45) is 5.73 Å². The van der Waals surface area contributed by atoms with Gasteiger partial charge in [0, 0.05) is 40.5 Å². The van der Waals surface area contributed by atoms with Gasteiger partial charge in [-0.1, -0.05) is 23.7 Å². The highest BCUT2D eigenvalue weighted by atomic mass is 35.5. The number of halogens is 1. The number of hydrogen-bond acceptors (Lipinski definition) is 7. The molecule has 2 aliphatic rings. The van der Waals surface area contributed by atoms with Crippen molar-refractivity contribution < 1.29 is 19.2 Å². The van der Waals surface area contributed by atoms with Crippen molar-refractivity contribution in [3.05, 3.63) is 91.9 Å². The molecule has 1 heterocycles. The monoisotopic (exact) mass is 453 g/mol. The summed E-state index contributed by atoms with van der Waals surface area (Å²) < 4.78 is 5.02. The lowest BCUT2D eigenvalue weighted by molar-refractivity contribution is -0.384. The minimum absolute atomic E-state index is 0.0666. The molecule has 1 atom stereocenters. The second-order valence-corrected chi connectivity index (χ2v) is 7.96. The summed E-state index contributed by atoms with van der Waals surface area (Å²) in [6.07, 6.45) is 1.50. The summed E-state index contributed by atoms with van der Waals surface area (Å²) >= 11 is 6.04. The lowest BCUT2D eigenvalue weighted by Crippen LogP contribution is -2.40. The number of nitrogens with two attached hydrogens (primary N) is 1. The maximum Gasteiger partial charge on any atom is 0.338 e. The first-order valence-electron chi connectivity index (χ1n) is 9.97. The highest BCUT2D eigenvalue weighted by Crippen LogP contribution is 2.47. The molecule has 164 valence electrons. The number of carbonyl (C=O) groups excluding carboxylic acids is 2. The van der Waals surface area contributed by atoms with E-state index in [1.165, 1.54) is 25.3 Å². The van der Waals surface area contributed by atoms with Gasteiger partial charge in [-0.3, -0.25) is 19.8 Å². The summed E-state index contributed by atoms with van der Waals surface area (Å²) in [4.78, 5) is 38.6. The molecule has 2 aromatic carbocycles. The maximum atomic E-state index is 13.2. The number of esters is 1. The van der Waals surface area contributed by atoms with E-state index in [0.717, 1.165) is 0 Å². The summed E-state index contributed by atoms with van der Waals surface area (Å²) in [7, 11) is 1.23. The van der Waals surface area contributed by atoms with Crippen LogP contribution in [0.25, 0.3) is 0 Å². The Morgan fingerprint density at radius 3 is 2.59 bits per heavy atom. The summed E-state index contributed by atoms with van der Waals surface area (Å²) in [5.41, 5.74) is 8.62. The molecule has 0 aromatic heterocycles. The van der Waals surface area contributed by atoms with Gasteiger partial charge >= 0.3 is 5.97 Å². The Kier molecular flexibility index (Phi) is 5.71. The van der Waals surface area contributed by atoms with E-state index < -0.39 is 16.8 Å². The predicted molar refractivity (Wildman–Crippen MR) is 119 cm³/mol. The Bertz CT molecular complexity index is 1190. The van der Waals surface area contributed by atoms with Crippen LogP contribution >= 0.6 is 11.6 Å². The number of non-ortho nitro benzene ring substituents is 1. The molecular weight excluding hydrogens is 434 g/mol. The summed E-state index contributed by atoms with van der Waals surface area (Å²) in [5.74, 6) is -1.59. The molecule has 0 spiro atoms. The zero-order chi connectivity index (χ0) is 23.0. The number of methoxy groups -OCH3 is 1. The summed E-state index contributed by atoms with van der Waals surface area (Å²) in [6.45, 7) is 0. The van der Waals surface area contributed by atoms with E-state index in [1.54, 1.807) is 35.2 Å². The van der Waals surface area contributed by atoms with Gasteiger partial charge in [-0.05, 0) is 42.7 Å². The van der Waals surface area contributed by atoms with Crippen LogP contribution in [0.2, 0.25) is 5.02 Å². The Balaban J connectivity index is 2.00. The van der Waals surface area contributed by atoms with E-state index in [-0.39, 0.29) is 22.9 Å². The predicted octanol–water partition coefficient (Wildman–Crippen LogP) is 4.20. The third-order valence-electron chi connectivity index (χ3n) is 5.70. The number of ketones is 1. The number of Topliss-reactive ketones (excluding diaryl/α,β-unsaturated/α-hetero) is 1. The fourth-order valence-electron chi connectivity index (χ4n) is 4.33. The Morgan fingerprint density at radius 2 is 1.94 bits per heavy atom. The van der Waals surface area contributed by atoms with Crippen molar-refractivity contribution in [1.29, 1.82) is 0 Å². The molecule has 2 aromatic rings. The SMILES string of the molecule is COC(=O)C1=C(N)N(c2ccc(Cl)cc2)C2=C(C(=O)CCC2)[C@H]1c1cccc([N+](=O)[O-])c1. The molecule has 0 amide bonds. The first-order valence-corrected chi connectivity index (χ1v) is 10.4. The molecule has 9 heteroatoms. The Labute approximate surface area is 189 Å². The van der Waals surface area contributed by atoms with Crippen LogP contribution in [0.1, 0.15) is 30.7 Å². The van der Waals surface area contributed by atoms with E-state index in [9.17, 15) is 19.7 Å². The molecule has 0 fully saturated rings. The molecular formula is C23H20ClN3O5. The van der Waals surface area contributed by atoms with E-state index in [4.69, 9.17) is 22.1 Å². The molecule has 32 heavy (non-hydrogen) atoms. The minimum Gasteiger partial charge on any atom is -0.466 e. The van der Waals surface area contributed by atoms with Crippen LogP contribution in [-0.2, 0) is 14.3 Å². The topological polar surface area (TPSA) is 116 Å². The van der Waals surface area contributed by atoms with Crippen LogP contribution in [0.3, 0.4) is 0 Å². The molecule has 4 rings (SSSR count). The van der Waals surface area contributed by atoms with E-state index in [2.05, 4.69) is 0 Å². The van der Waals surface area contributed by atoms with Crippen molar-refractivity contribution in [3.8, 4) is 0 Å². The lowest BCUT2D eigenvalue weighted by Gasteiger charge is -2.40. The van der Waals surface area contributed by atoms with Crippen LogP contribution < -0.4 is 10.6 Å². The molecule has 8 nitrogen and oxygen atoms in total. The number of allylic oxidation sites excluding steroid dienone is 2. The second-order valence-electron chi connectivity index (χ2n) is 7.52. The second kappa shape index (κ2) is 8.47. The lowest BCUT2D eigenvalue weighted by atomic mass is 9.75. The average Bonchev–Trinajstić information content (AvgIpc) is 2.79. The van der Waals surface area contributed by atoms with Gasteiger partial charge in [-0.15, -0.1) is 0 Å². The smallest absolute Gasteiger partial charge is 0.338 e. The van der Waals surface area contributed by atoms with Crippen LogP contribution in [0.4, 0.5) is 11.4 Å².